The van der Waals surface area contributed by atoms with E-state index >= 15 is 0 Å². The Morgan fingerprint density at radius 2 is 1.45 bits per heavy atom. The second-order valence-corrected chi connectivity index (χ2v) is 5.94. The van der Waals surface area contributed by atoms with Crippen molar-refractivity contribution in [3.05, 3.63) is 23.9 Å². The first-order valence-corrected chi connectivity index (χ1v) is 8.42. The fourth-order valence-corrected chi connectivity index (χ4v) is 2.58. The molecule has 118 valence electrons. The van der Waals surface area contributed by atoms with E-state index < -0.39 is 0 Å². The standard InChI is InChI=1S/C18H33N.BrH/c1-3-4-5-6-7-8-9-10-11-12-15-19-16-13-18(2)14-17-19;/h13-14,16H,3-12,15,17H2,1-2H3;1H. The van der Waals surface area contributed by atoms with Crippen molar-refractivity contribution in [1.82, 2.24) is 4.90 Å². The Labute approximate surface area is 137 Å². The minimum atomic E-state index is 0. The summed E-state index contributed by atoms with van der Waals surface area (Å²) in [7, 11) is 0. The molecule has 0 aromatic heterocycles. The van der Waals surface area contributed by atoms with Gasteiger partial charge in [-0.2, -0.15) is 0 Å². The second-order valence-electron chi connectivity index (χ2n) is 5.94. The van der Waals surface area contributed by atoms with Crippen LogP contribution in [0.3, 0.4) is 0 Å². The van der Waals surface area contributed by atoms with Gasteiger partial charge < -0.3 is 4.90 Å². The monoisotopic (exact) mass is 343 g/mol. The van der Waals surface area contributed by atoms with E-state index in [0.717, 1.165) is 6.54 Å². The first-order valence-electron chi connectivity index (χ1n) is 8.42. The number of nitrogens with zero attached hydrogens (tertiary/aromatic N) is 1. The lowest BCUT2D eigenvalue weighted by molar-refractivity contribution is 0.390. The van der Waals surface area contributed by atoms with Crippen LogP contribution >= 0.6 is 17.0 Å². The predicted octanol–water partition coefficient (Wildman–Crippen LogP) is 6.26. The van der Waals surface area contributed by atoms with Crippen molar-refractivity contribution >= 4 is 17.0 Å². The van der Waals surface area contributed by atoms with Gasteiger partial charge in [-0.25, -0.2) is 0 Å². The van der Waals surface area contributed by atoms with Gasteiger partial charge >= 0.3 is 0 Å². The summed E-state index contributed by atoms with van der Waals surface area (Å²) in [5.41, 5.74) is 1.40. The third kappa shape index (κ3) is 10.5. The highest BCUT2D eigenvalue weighted by molar-refractivity contribution is 8.93. The number of rotatable bonds is 11. The average molecular weight is 344 g/mol. The lowest BCUT2D eigenvalue weighted by Crippen LogP contribution is -2.20. The van der Waals surface area contributed by atoms with E-state index in [9.17, 15) is 0 Å². The summed E-state index contributed by atoms with van der Waals surface area (Å²) >= 11 is 0. The summed E-state index contributed by atoms with van der Waals surface area (Å²) in [6.07, 6.45) is 21.0. The molecule has 0 fully saturated rings. The summed E-state index contributed by atoms with van der Waals surface area (Å²) in [5, 5.41) is 0. The molecule has 0 unspecified atom stereocenters. The van der Waals surface area contributed by atoms with Gasteiger partial charge in [-0.3, -0.25) is 0 Å². The van der Waals surface area contributed by atoms with Crippen molar-refractivity contribution in [3.8, 4) is 0 Å². The van der Waals surface area contributed by atoms with Gasteiger partial charge in [0.2, 0.25) is 0 Å². The zero-order valence-corrected chi connectivity index (χ0v) is 15.3. The zero-order chi connectivity index (χ0) is 13.8. The van der Waals surface area contributed by atoms with Crippen LogP contribution in [0, 0.1) is 0 Å². The lowest BCUT2D eigenvalue weighted by atomic mass is 10.1. The van der Waals surface area contributed by atoms with Crippen LogP contribution in [-0.2, 0) is 0 Å². The minimum absolute atomic E-state index is 0. The fraction of sp³-hybridized carbons (Fsp3) is 0.778. The highest BCUT2D eigenvalue weighted by atomic mass is 79.9. The molecule has 1 aliphatic heterocycles. The van der Waals surface area contributed by atoms with Crippen molar-refractivity contribution in [3.63, 3.8) is 0 Å². The number of hydrogen-bond acceptors (Lipinski definition) is 1. The maximum absolute atomic E-state index is 2.43. The van der Waals surface area contributed by atoms with Crippen LogP contribution in [-0.4, -0.2) is 18.0 Å². The van der Waals surface area contributed by atoms with Gasteiger partial charge in [0.05, 0.1) is 0 Å². The number of halogens is 1. The molecule has 0 atom stereocenters. The maximum Gasteiger partial charge on any atom is 0.0359 e. The van der Waals surface area contributed by atoms with Crippen LogP contribution in [0.4, 0.5) is 0 Å². The SMILES string of the molecule is Br.CCCCCCCCCCCCN1C=CC(C)=CC1. The summed E-state index contributed by atoms with van der Waals surface area (Å²) in [5.74, 6) is 0. The topological polar surface area (TPSA) is 3.24 Å². The lowest BCUT2D eigenvalue weighted by Gasteiger charge is -2.21. The van der Waals surface area contributed by atoms with Crippen LogP contribution in [0.15, 0.2) is 23.9 Å². The van der Waals surface area contributed by atoms with Crippen molar-refractivity contribution in [2.24, 2.45) is 0 Å². The molecule has 2 heteroatoms. The summed E-state index contributed by atoms with van der Waals surface area (Å²) < 4.78 is 0. The van der Waals surface area contributed by atoms with Crippen LogP contribution in [0.1, 0.15) is 78.1 Å². The predicted molar refractivity (Wildman–Crippen MR) is 96.6 cm³/mol. The maximum atomic E-state index is 2.43. The Balaban J connectivity index is 0.00000361. The fourth-order valence-electron chi connectivity index (χ4n) is 2.58. The smallest absolute Gasteiger partial charge is 0.0359 e. The van der Waals surface area contributed by atoms with E-state index in [-0.39, 0.29) is 17.0 Å². The molecular formula is C18H34BrN. The van der Waals surface area contributed by atoms with Crippen molar-refractivity contribution < 1.29 is 0 Å². The molecular weight excluding hydrogens is 310 g/mol. The molecule has 0 radical (unpaired) electrons. The summed E-state index contributed by atoms with van der Waals surface area (Å²) in [6.45, 7) is 6.81. The quantitative estimate of drug-likeness (QED) is 0.400. The van der Waals surface area contributed by atoms with E-state index in [2.05, 4.69) is 37.1 Å². The Bertz CT molecular complexity index is 271. The summed E-state index contributed by atoms with van der Waals surface area (Å²) in [4.78, 5) is 2.43. The van der Waals surface area contributed by atoms with Crippen LogP contribution < -0.4 is 0 Å². The molecule has 1 rings (SSSR count). The molecule has 0 N–H and O–H groups in total. The van der Waals surface area contributed by atoms with Crippen molar-refractivity contribution in [2.75, 3.05) is 13.1 Å². The molecule has 0 bridgehead atoms. The van der Waals surface area contributed by atoms with Gasteiger partial charge in [0.25, 0.3) is 0 Å². The van der Waals surface area contributed by atoms with Gasteiger partial charge in [0.1, 0.15) is 0 Å². The van der Waals surface area contributed by atoms with Crippen LogP contribution in [0.5, 0.6) is 0 Å². The molecule has 1 nitrogen and oxygen atoms in total. The number of allylic oxidation sites excluding steroid dienone is 2. The van der Waals surface area contributed by atoms with E-state index in [1.54, 1.807) is 0 Å². The highest BCUT2D eigenvalue weighted by Crippen LogP contribution is 2.12. The van der Waals surface area contributed by atoms with Crippen molar-refractivity contribution in [1.29, 1.82) is 0 Å². The molecule has 1 heterocycles. The van der Waals surface area contributed by atoms with E-state index in [4.69, 9.17) is 0 Å². The van der Waals surface area contributed by atoms with Gasteiger partial charge in [-0.15, -0.1) is 17.0 Å². The van der Waals surface area contributed by atoms with Gasteiger partial charge in [0.15, 0.2) is 0 Å². The minimum Gasteiger partial charge on any atom is -0.374 e. The average Bonchev–Trinajstić information content (AvgIpc) is 2.43. The van der Waals surface area contributed by atoms with E-state index in [0.29, 0.717) is 0 Å². The van der Waals surface area contributed by atoms with E-state index in [1.807, 2.05) is 0 Å². The molecule has 0 spiro atoms. The van der Waals surface area contributed by atoms with Crippen molar-refractivity contribution in [2.45, 2.75) is 78.1 Å². The first-order chi connectivity index (χ1) is 9.33. The molecule has 0 amide bonds. The van der Waals surface area contributed by atoms with Crippen LogP contribution in [0.25, 0.3) is 0 Å². The molecule has 20 heavy (non-hydrogen) atoms. The Kier molecular flexibility index (Phi) is 13.6. The number of unbranched alkanes of at least 4 members (excludes halogenated alkanes) is 9. The molecule has 0 aromatic carbocycles. The Morgan fingerprint density at radius 1 is 0.900 bits per heavy atom. The van der Waals surface area contributed by atoms with Crippen LogP contribution in [0.2, 0.25) is 0 Å². The molecule has 0 saturated carbocycles. The van der Waals surface area contributed by atoms with Gasteiger partial charge in [0, 0.05) is 13.1 Å². The second kappa shape index (κ2) is 13.7. The third-order valence-electron chi connectivity index (χ3n) is 3.99. The highest BCUT2D eigenvalue weighted by Gasteiger charge is 2.01. The number of hydrogen-bond donors (Lipinski definition) is 0. The Morgan fingerprint density at radius 3 is 1.95 bits per heavy atom. The van der Waals surface area contributed by atoms with E-state index in [1.165, 1.54) is 76.3 Å². The normalized spacial score (nSPS) is 14.1. The third-order valence-corrected chi connectivity index (χ3v) is 3.99. The largest absolute Gasteiger partial charge is 0.374 e. The molecule has 0 aromatic rings. The molecule has 0 aliphatic carbocycles. The summed E-state index contributed by atoms with van der Waals surface area (Å²) in [6, 6.07) is 0. The van der Waals surface area contributed by atoms with Gasteiger partial charge in [-0.1, -0.05) is 76.4 Å². The first kappa shape index (κ1) is 19.8. The Hall–Kier alpha value is -0.240. The molecule has 1 aliphatic rings. The molecule has 0 saturated heterocycles. The van der Waals surface area contributed by atoms with Gasteiger partial charge in [-0.05, 0) is 25.6 Å². The zero-order valence-electron chi connectivity index (χ0n) is 13.6.